The number of pyridine rings is 1. The molecule has 156 valence electrons. The summed E-state index contributed by atoms with van der Waals surface area (Å²) in [5, 5.41) is 3.86. The first-order valence-corrected chi connectivity index (χ1v) is 10.6. The summed E-state index contributed by atoms with van der Waals surface area (Å²) >= 11 is 7.59. The minimum atomic E-state index is -0.625. The van der Waals surface area contributed by atoms with Crippen molar-refractivity contribution in [3.8, 4) is 11.1 Å². The summed E-state index contributed by atoms with van der Waals surface area (Å²) in [4.78, 5) is 28.3. The van der Waals surface area contributed by atoms with E-state index in [1.54, 1.807) is 29.7 Å². The van der Waals surface area contributed by atoms with E-state index in [-0.39, 0.29) is 18.1 Å². The Balaban J connectivity index is 1.66. The van der Waals surface area contributed by atoms with Crippen LogP contribution in [0.5, 0.6) is 0 Å². The van der Waals surface area contributed by atoms with E-state index in [1.807, 2.05) is 24.3 Å². The fraction of sp³-hybridized carbons (Fsp3) is 0.0870. The van der Waals surface area contributed by atoms with Crippen molar-refractivity contribution in [2.75, 3.05) is 6.54 Å². The van der Waals surface area contributed by atoms with E-state index < -0.39 is 11.8 Å². The largest absolute Gasteiger partial charge is 0.368 e. The zero-order valence-corrected chi connectivity index (χ0v) is 17.8. The van der Waals surface area contributed by atoms with Crippen molar-refractivity contribution in [3.63, 3.8) is 0 Å². The number of nitrogens with one attached hydrogen (secondary N) is 1. The lowest BCUT2D eigenvalue weighted by atomic mass is 10.0. The number of amides is 2. The number of aromatic nitrogens is 1. The van der Waals surface area contributed by atoms with E-state index in [0.717, 1.165) is 31.7 Å². The molecule has 31 heavy (non-hydrogen) atoms. The van der Waals surface area contributed by atoms with Crippen LogP contribution in [0.1, 0.15) is 20.9 Å². The van der Waals surface area contributed by atoms with Gasteiger partial charge in [-0.1, -0.05) is 29.8 Å². The third-order valence-corrected chi connectivity index (χ3v) is 6.02. The summed E-state index contributed by atoms with van der Waals surface area (Å²) in [6.45, 7) is -0.251. The van der Waals surface area contributed by atoms with Crippen LogP contribution in [0.25, 0.3) is 21.2 Å². The van der Waals surface area contributed by atoms with Crippen molar-refractivity contribution in [3.05, 3.63) is 87.8 Å². The van der Waals surface area contributed by atoms with Crippen LogP contribution in [0.15, 0.2) is 60.8 Å². The highest BCUT2D eigenvalue weighted by Gasteiger charge is 2.13. The second kappa shape index (κ2) is 8.83. The van der Waals surface area contributed by atoms with Crippen LogP contribution in [0.3, 0.4) is 0 Å². The maximum atomic E-state index is 13.7. The first kappa shape index (κ1) is 21.0. The summed E-state index contributed by atoms with van der Waals surface area (Å²) in [5.74, 6) is -1.45. The number of carbonyl (C=O) groups excluding carboxylic acids is 2. The van der Waals surface area contributed by atoms with Gasteiger partial charge in [-0.05, 0) is 58.5 Å². The number of carbonyl (C=O) groups is 2. The molecule has 0 spiro atoms. The number of nitrogens with zero attached hydrogens (tertiary/aromatic N) is 1. The molecule has 0 saturated carbocycles. The molecule has 0 aliphatic rings. The summed E-state index contributed by atoms with van der Waals surface area (Å²) in [7, 11) is 0. The Hall–Kier alpha value is -3.29. The van der Waals surface area contributed by atoms with Crippen LogP contribution in [0.2, 0.25) is 5.02 Å². The van der Waals surface area contributed by atoms with E-state index in [2.05, 4.69) is 16.4 Å². The van der Waals surface area contributed by atoms with Crippen LogP contribution in [-0.4, -0.2) is 23.3 Å². The molecule has 2 amide bonds. The number of nitrogens with two attached hydrogens (primary N) is 1. The van der Waals surface area contributed by atoms with Gasteiger partial charge in [0.05, 0.1) is 6.54 Å². The van der Waals surface area contributed by atoms with Gasteiger partial charge in [-0.25, -0.2) is 4.39 Å². The number of primary amides is 1. The van der Waals surface area contributed by atoms with Gasteiger partial charge in [0.25, 0.3) is 5.91 Å². The molecule has 0 aliphatic heterocycles. The number of hydrogen-bond acceptors (Lipinski definition) is 4. The van der Waals surface area contributed by atoms with Crippen LogP contribution < -0.4 is 11.1 Å². The SMILES string of the molecule is NC(=O)CNC(=O)c1cc(-c2cccc3cc(Cc4cc(F)cc(Cl)c4)sc23)ccn1. The highest BCUT2D eigenvalue weighted by atomic mass is 35.5. The molecule has 0 bridgehead atoms. The van der Waals surface area contributed by atoms with Crippen LogP contribution in [0.4, 0.5) is 4.39 Å². The average molecular weight is 454 g/mol. The average Bonchev–Trinajstić information content (AvgIpc) is 3.13. The van der Waals surface area contributed by atoms with Gasteiger partial charge in [-0.3, -0.25) is 14.6 Å². The van der Waals surface area contributed by atoms with Crippen LogP contribution >= 0.6 is 22.9 Å². The van der Waals surface area contributed by atoms with E-state index in [0.29, 0.717) is 11.4 Å². The highest BCUT2D eigenvalue weighted by molar-refractivity contribution is 7.19. The number of benzene rings is 2. The number of halogens is 2. The molecular formula is C23H17ClFN3O2S. The molecule has 5 nitrogen and oxygen atoms in total. The molecule has 0 aliphatic carbocycles. The summed E-state index contributed by atoms with van der Waals surface area (Å²) in [6.07, 6.45) is 2.12. The first-order chi connectivity index (χ1) is 14.9. The van der Waals surface area contributed by atoms with Gasteiger partial charge in [0.2, 0.25) is 5.91 Å². The van der Waals surface area contributed by atoms with Crippen molar-refractivity contribution in [1.29, 1.82) is 0 Å². The number of fused-ring (bicyclic) bond motifs is 1. The fourth-order valence-electron chi connectivity index (χ4n) is 3.33. The Kier molecular flexibility index (Phi) is 5.97. The molecule has 0 radical (unpaired) electrons. The molecule has 0 atom stereocenters. The van der Waals surface area contributed by atoms with Crippen molar-refractivity contribution < 1.29 is 14.0 Å². The minimum Gasteiger partial charge on any atom is -0.368 e. The molecule has 2 aromatic heterocycles. The molecule has 0 unspecified atom stereocenters. The van der Waals surface area contributed by atoms with Gasteiger partial charge >= 0.3 is 0 Å². The van der Waals surface area contributed by atoms with Gasteiger partial charge in [-0.15, -0.1) is 11.3 Å². The highest BCUT2D eigenvalue weighted by Crippen LogP contribution is 2.36. The second-order valence-electron chi connectivity index (χ2n) is 6.97. The van der Waals surface area contributed by atoms with Crippen molar-refractivity contribution >= 4 is 44.8 Å². The van der Waals surface area contributed by atoms with E-state index in [4.69, 9.17) is 17.3 Å². The Morgan fingerprint density at radius 3 is 2.74 bits per heavy atom. The second-order valence-corrected chi connectivity index (χ2v) is 8.54. The van der Waals surface area contributed by atoms with Crippen molar-refractivity contribution in [1.82, 2.24) is 10.3 Å². The molecule has 2 heterocycles. The van der Waals surface area contributed by atoms with Gasteiger partial charge in [0.1, 0.15) is 11.5 Å². The molecule has 3 N–H and O–H groups in total. The van der Waals surface area contributed by atoms with Gasteiger partial charge in [0.15, 0.2) is 0 Å². The molecule has 4 aromatic rings. The lowest BCUT2D eigenvalue weighted by Crippen LogP contribution is -2.33. The van der Waals surface area contributed by atoms with Gasteiger partial charge in [-0.2, -0.15) is 0 Å². The summed E-state index contributed by atoms with van der Waals surface area (Å²) in [5.41, 5.74) is 7.85. The third kappa shape index (κ3) is 4.90. The Bertz CT molecular complexity index is 1280. The quantitative estimate of drug-likeness (QED) is 0.448. The monoisotopic (exact) mass is 453 g/mol. The molecule has 8 heteroatoms. The Labute approximate surface area is 186 Å². The molecule has 0 fully saturated rings. The van der Waals surface area contributed by atoms with Gasteiger partial charge in [0, 0.05) is 27.2 Å². The third-order valence-electron chi connectivity index (χ3n) is 4.62. The Morgan fingerprint density at radius 1 is 1.13 bits per heavy atom. The Morgan fingerprint density at radius 2 is 1.97 bits per heavy atom. The molecule has 4 rings (SSSR count). The molecular weight excluding hydrogens is 437 g/mol. The minimum absolute atomic E-state index is 0.196. The van der Waals surface area contributed by atoms with Crippen LogP contribution in [-0.2, 0) is 11.2 Å². The van der Waals surface area contributed by atoms with Crippen molar-refractivity contribution in [2.45, 2.75) is 6.42 Å². The topological polar surface area (TPSA) is 85.1 Å². The predicted octanol–water partition coefficient (Wildman–Crippen LogP) is 4.56. The summed E-state index contributed by atoms with van der Waals surface area (Å²) in [6, 6.07) is 16.0. The zero-order valence-electron chi connectivity index (χ0n) is 16.2. The smallest absolute Gasteiger partial charge is 0.270 e. The normalized spacial score (nSPS) is 10.9. The fourth-order valence-corrected chi connectivity index (χ4v) is 4.80. The van der Waals surface area contributed by atoms with Gasteiger partial charge < -0.3 is 11.1 Å². The molecule has 0 saturated heterocycles. The zero-order chi connectivity index (χ0) is 22.0. The number of thiophene rings is 1. The lowest BCUT2D eigenvalue weighted by molar-refractivity contribution is -0.117. The first-order valence-electron chi connectivity index (χ1n) is 9.38. The predicted molar refractivity (Wildman–Crippen MR) is 121 cm³/mol. The van der Waals surface area contributed by atoms with Crippen molar-refractivity contribution in [2.24, 2.45) is 5.73 Å². The standard InChI is InChI=1S/C23H17ClFN3O2S/c24-16-6-13(7-17(25)11-16)8-18-9-15-2-1-3-19(22(15)31-18)14-4-5-27-20(10-14)23(30)28-12-21(26)29/h1-7,9-11H,8,12H2,(H2,26,29)(H,28,30). The van der Waals surface area contributed by atoms with E-state index in [1.165, 1.54) is 12.1 Å². The maximum Gasteiger partial charge on any atom is 0.270 e. The number of rotatable bonds is 6. The maximum absolute atomic E-state index is 13.7. The molecule has 2 aromatic carbocycles. The lowest BCUT2D eigenvalue weighted by Gasteiger charge is -2.06. The number of hydrogen-bond donors (Lipinski definition) is 2. The van der Waals surface area contributed by atoms with E-state index in [9.17, 15) is 14.0 Å². The van der Waals surface area contributed by atoms with E-state index >= 15 is 0 Å². The van der Waals surface area contributed by atoms with Crippen LogP contribution in [0, 0.1) is 5.82 Å². The summed E-state index contributed by atoms with van der Waals surface area (Å²) < 4.78 is 14.7.